The highest BCUT2D eigenvalue weighted by Crippen LogP contribution is 2.53. The number of imidazole rings is 1. The molecule has 1 aliphatic heterocycles. The van der Waals surface area contributed by atoms with Gasteiger partial charge in [-0.2, -0.15) is 0 Å². The number of aromatic amines is 1. The van der Waals surface area contributed by atoms with Crippen LogP contribution in [-0.4, -0.2) is 81.7 Å². The molecule has 3 rings (SSSR count). The van der Waals surface area contributed by atoms with Gasteiger partial charge in [0.05, 0.1) is 25.4 Å². The number of rotatable bonds is 6. The molecule has 0 aromatic carbocycles. The molecule has 1 saturated heterocycles. The van der Waals surface area contributed by atoms with Gasteiger partial charge in [-0.3, -0.25) is 18.8 Å². The first-order valence-electron chi connectivity index (χ1n) is 8.88. The molecule has 3 atom stereocenters. The van der Waals surface area contributed by atoms with E-state index in [0.29, 0.717) is 18.7 Å². The molecule has 2 aromatic rings. The summed E-state index contributed by atoms with van der Waals surface area (Å²) < 4.78 is 28.5. The van der Waals surface area contributed by atoms with Crippen molar-refractivity contribution in [2.75, 3.05) is 40.8 Å². The van der Waals surface area contributed by atoms with Crippen LogP contribution in [0, 0.1) is 0 Å². The van der Waals surface area contributed by atoms with Gasteiger partial charge in [0.2, 0.25) is 0 Å². The van der Waals surface area contributed by atoms with Gasteiger partial charge in [-0.25, -0.2) is 14.6 Å². The Kier molecular flexibility index (Phi) is 5.83. The van der Waals surface area contributed by atoms with Crippen LogP contribution in [0.1, 0.15) is 20.1 Å². The second kappa shape index (κ2) is 7.81. The van der Waals surface area contributed by atoms with Gasteiger partial charge in [0.1, 0.15) is 6.23 Å². The molecule has 2 aromatic heterocycles. The van der Waals surface area contributed by atoms with E-state index in [1.807, 2.05) is 20.9 Å². The minimum Gasteiger partial charge on any atom is -0.350 e. The smallest absolute Gasteiger partial charge is 0.278 e. The molecule has 0 radical (unpaired) electrons. The second-order valence-corrected chi connectivity index (χ2v) is 10.5. The van der Waals surface area contributed by atoms with E-state index in [4.69, 9.17) is 9.26 Å². The lowest BCUT2D eigenvalue weighted by atomic mass is 10.3. The lowest BCUT2D eigenvalue weighted by Crippen LogP contribution is -2.45. The number of H-pyrrole nitrogens is 1. The van der Waals surface area contributed by atoms with Crippen LogP contribution in [0.15, 0.2) is 17.4 Å². The molecule has 0 bridgehead atoms. The largest absolute Gasteiger partial charge is 0.350 e. The lowest BCUT2D eigenvalue weighted by Gasteiger charge is -2.37. The van der Waals surface area contributed by atoms with E-state index < -0.39 is 7.52 Å². The molecule has 3 heterocycles. The quantitative estimate of drug-likeness (QED) is 0.722. The molecule has 1 fully saturated rings. The zero-order chi connectivity index (χ0) is 19.8. The number of fused-ring (bicyclic) bond motifs is 1. The van der Waals surface area contributed by atoms with Crippen LogP contribution in [0.2, 0.25) is 0 Å². The molecule has 1 aliphatic rings. The van der Waals surface area contributed by atoms with Gasteiger partial charge in [-0.15, -0.1) is 0 Å². The zero-order valence-electron chi connectivity index (χ0n) is 16.3. The Bertz CT molecular complexity index is 882. The topological polar surface area (TPSA) is 106 Å². The fourth-order valence-corrected chi connectivity index (χ4v) is 5.07. The van der Waals surface area contributed by atoms with Crippen molar-refractivity contribution >= 4 is 18.7 Å². The third kappa shape index (κ3) is 4.00. The number of aromatic nitrogens is 4. The van der Waals surface area contributed by atoms with E-state index in [2.05, 4.69) is 19.9 Å². The predicted octanol–water partition coefficient (Wildman–Crippen LogP) is 1.13. The van der Waals surface area contributed by atoms with Crippen LogP contribution in [-0.2, 0) is 13.8 Å². The first-order chi connectivity index (χ1) is 12.7. The Morgan fingerprint density at radius 1 is 1.41 bits per heavy atom. The van der Waals surface area contributed by atoms with Gasteiger partial charge in [0.15, 0.2) is 11.2 Å². The SMILES string of the molecule is CC(C)P(=O)(OC[C@@H]1CN(C)C[C@H](n2cnc3c(=O)[nH]cnc32)O1)N(C)C. The van der Waals surface area contributed by atoms with Crippen LogP contribution in [0.4, 0.5) is 0 Å². The van der Waals surface area contributed by atoms with Crippen LogP contribution < -0.4 is 5.56 Å². The van der Waals surface area contributed by atoms with Crippen molar-refractivity contribution in [2.24, 2.45) is 0 Å². The Morgan fingerprint density at radius 3 is 2.81 bits per heavy atom. The van der Waals surface area contributed by atoms with Crippen molar-refractivity contribution in [2.45, 2.75) is 31.8 Å². The predicted molar refractivity (Wildman–Crippen MR) is 102 cm³/mol. The van der Waals surface area contributed by atoms with Crippen molar-refractivity contribution < 1.29 is 13.8 Å². The van der Waals surface area contributed by atoms with Gasteiger partial charge in [0.25, 0.3) is 13.1 Å². The van der Waals surface area contributed by atoms with Crippen molar-refractivity contribution in [3.05, 3.63) is 23.0 Å². The number of likely N-dealkylation sites (N-methyl/N-ethyl adjacent to an activating group) is 1. The molecule has 27 heavy (non-hydrogen) atoms. The Morgan fingerprint density at radius 2 is 2.15 bits per heavy atom. The van der Waals surface area contributed by atoms with Crippen LogP contribution in [0.3, 0.4) is 0 Å². The summed E-state index contributed by atoms with van der Waals surface area (Å²) in [7, 11) is 2.59. The third-order valence-corrected chi connectivity index (χ3v) is 7.60. The molecule has 11 heteroatoms. The summed E-state index contributed by atoms with van der Waals surface area (Å²) in [6.45, 7) is 5.26. The molecule has 10 nitrogen and oxygen atoms in total. The van der Waals surface area contributed by atoms with Crippen molar-refractivity contribution in [3.8, 4) is 0 Å². The van der Waals surface area contributed by atoms with Gasteiger partial charge in [0, 0.05) is 18.7 Å². The number of ether oxygens (including phenoxy) is 1. The first-order valence-corrected chi connectivity index (χ1v) is 10.5. The normalized spacial score (nSPS) is 24.0. The highest BCUT2D eigenvalue weighted by Gasteiger charge is 2.34. The summed E-state index contributed by atoms with van der Waals surface area (Å²) in [5, 5.41) is 0. The number of hydrogen-bond acceptors (Lipinski definition) is 7. The minimum atomic E-state index is -2.92. The molecule has 1 unspecified atom stereocenters. The highest BCUT2D eigenvalue weighted by molar-refractivity contribution is 7.57. The second-order valence-electron chi connectivity index (χ2n) is 7.29. The number of morpholine rings is 1. The van der Waals surface area contributed by atoms with Gasteiger partial charge >= 0.3 is 0 Å². The van der Waals surface area contributed by atoms with Crippen molar-refractivity contribution in [1.29, 1.82) is 0 Å². The summed E-state index contributed by atoms with van der Waals surface area (Å²) >= 11 is 0. The molecule has 150 valence electrons. The van der Waals surface area contributed by atoms with E-state index in [9.17, 15) is 9.36 Å². The minimum absolute atomic E-state index is 0.113. The Balaban J connectivity index is 1.77. The summed E-state index contributed by atoms with van der Waals surface area (Å²) in [6, 6.07) is 0. The van der Waals surface area contributed by atoms with E-state index in [1.54, 1.807) is 29.7 Å². The average molecular weight is 398 g/mol. The standard InChI is InChI=1S/C16H27N6O4P/c1-11(2)27(24,20(3)4)25-8-12-6-21(5)7-13(26-12)22-10-19-14-15(22)17-9-18-16(14)23/h9-13H,6-8H2,1-5H3,(H,17,18,23)/t12-,13+,27?/m0/s1. The van der Waals surface area contributed by atoms with E-state index in [-0.39, 0.29) is 35.7 Å². The fourth-order valence-electron chi connectivity index (χ4n) is 3.23. The molecule has 0 saturated carbocycles. The summed E-state index contributed by atoms with van der Waals surface area (Å²) in [4.78, 5) is 24.9. The monoisotopic (exact) mass is 398 g/mol. The maximum Gasteiger partial charge on any atom is 0.278 e. The summed E-state index contributed by atoms with van der Waals surface area (Å²) in [6.07, 6.45) is 2.29. The molecule has 0 spiro atoms. The number of nitrogens with one attached hydrogen (secondary N) is 1. The highest BCUT2D eigenvalue weighted by atomic mass is 31.2. The molecular weight excluding hydrogens is 371 g/mol. The van der Waals surface area contributed by atoms with Crippen LogP contribution in [0.25, 0.3) is 11.2 Å². The van der Waals surface area contributed by atoms with Crippen molar-refractivity contribution in [1.82, 2.24) is 29.1 Å². The fraction of sp³-hybridized carbons (Fsp3) is 0.688. The summed E-state index contributed by atoms with van der Waals surface area (Å²) in [5.74, 6) is 0. The number of nitrogens with zero attached hydrogens (tertiary/aromatic N) is 5. The average Bonchev–Trinajstić information content (AvgIpc) is 3.04. The zero-order valence-corrected chi connectivity index (χ0v) is 17.2. The maximum absolute atomic E-state index is 13.0. The molecule has 0 aliphatic carbocycles. The third-order valence-electron chi connectivity index (χ3n) is 4.66. The lowest BCUT2D eigenvalue weighted by molar-refractivity contribution is -0.125. The maximum atomic E-state index is 13.0. The first kappa shape index (κ1) is 20.2. The molecule has 1 N–H and O–H groups in total. The number of hydrogen-bond donors (Lipinski definition) is 1. The van der Waals surface area contributed by atoms with Crippen LogP contribution >= 0.6 is 7.52 Å². The van der Waals surface area contributed by atoms with Gasteiger partial charge in [-0.1, -0.05) is 13.8 Å². The summed E-state index contributed by atoms with van der Waals surface area (Å²) in [5.41, 5.74) is 0.351. The van der Waals surface area contributed by atoms with Crippen LogP contribution in [0.5, 0.6) is 0 Å². The van der Waals surface area contributed by atoms with E-state index in [1.165, 1.54) is 6.33 Å². The van der Waals surface area contributed by atoms with Crippen molar-refractivity contribution in [3.63, 3.8) is 0 Å². The molecular formula is C16H27N6O4P. The Hall–Kier alpha value is -1.58. The Labute approximate surface area is 158 Å². The van der Waals surface area contributed by atoms with E-state index in [0.717, 1.165) is 0 Å². The van der Waals surface area contributed by atoms with Gasteiger partial charge in [-0.05, 0) is 21.1 Å². The molecule has 0 amide bonds. The van der Waals surface area contributed by atoms with E-state index >= 15 is 0 Å². The van der Waals surface area contributed by atoms with Gasteiger partial charge < -0.3 is 14.2 Å².